The minimum Gasteiger partial charge on any atom is -0.342 e. The third-order valence-corrected chi connectivity index (χ3v) is 3.15. The number of rotatable bonds is 2. The van der Waals surface area contributed by atoms with Crippen molar-refractivity contribution in [1.82, 2.24) is 14.8 Å². The average molecular weight is 288 g/mol. The van der Waals surface area contributed by atoms with Crippen LogP contribution >= 0.6 is 23.2 Å². The lowest BCUT2D eigenvalue weighted by Crippen LogP contribution is -2.48. The Hall–Kier alpha value is -1.33. The van der Waals surface area contributed by atoms with Gasteiger partial charge in [-0.1, -0.05) is 23.2 Å². The van der Waals surface area contributed by atoms with E-state index in [0.717, 1.165) is 6.41 Å². The largest absolute Gasteiger partial charge is 0.342 e. The second kappa shape index (κ2) is 5.54. The highest BCUT2D eigenvalue weighted by Gasteiger charge is 2.21. The van der Waals surface area contributed by atoms with E-state index in [1.165, 1.54) is 12.1 Å². The highest BCUT2D eigenvalue weighted by Crippen LogP contribution is 2.17. The molecule has 1 aromatic heterocycles. The molecule has 0 atom stereocenters. The van der Waals surface area contributed by atoms with E-state index in [9.17, 15) is 9.59 Å². The van der Waals surface area contributed by atoms with Gasteiger partial charge in [0.15, 0.2) is 0 Å². The van der Waals surface area contributed by atoms with E-state index in [1.54, 1.807) is 9.80 Å². The van der Waals surface area contributed by atoms with Crippen LogP contribution in [0.1, 0.15) is 10.4 Å². The van der Waals surface area contributed by atoms with Crippen LogP contribution in [-0.4, -0.2) is 53.3 Å². The number of carbonyl (C=O) groups excluding carboxylic acids is 2. The third-order valence-electron chi connectivity index (χ3n) is 2.76. The molecule has 5 nitrogen and oxygen atoms in total. The summed E-state index contributed by atoms with van der Waals surface area (Å²) in [5.74, 6) is -0.147. The van der Waals surface area contributed by atoms with Gasteiger partial charge in [0.25, 0.3) is 5.91 Å². The molecule has 0 aliphatic carbocycles. The number of nitrogens with zero attached hydrogens (tertiary/aromatic N) is 3. The minimum atomic E-state index is -0.147. The van der Waals surface area contributed by atoms with E-state index in [-0.39, 0.29) is 16.2 Å². The number of halogens is 2. The van der Waals surface area contributed by atoms with Crippen molar-refractivity contribution in [2.24, 2.45) is 0 Å². The van der Waals surface area contributed by atoms with Crippen molar-refractivity contribution in [3.05, 3.63) is 28.0 Å². The molecule has 0 spiro atoms. The molecule has 1 aliphatic heterocycles. The summed E-state index contributed by atoms with van der Waals surface area (Å²) in [4.78, 5) is 29.8. The summed E-state index contributed by atoms with van der Waals surface area (Å²) in [6.07, 6.45) is 0.794. The number of aromatic nitrogens is 1. The van der Waals surface area contributed by atoms with Crippen LogP contribution in [0.4, 0.5) is 0 Å². The Morgan fingerprint density at radius 2 is 1.72 bits per heavy atom. The first-order valence-electron chi connectivity index (χ1n) is 5.42. The number of hydrogen-bond acceptors (Lipinski definition) is 3. The van der Waals surface area contributed by atoms with Gasteiger partial charge in [-0.2, -0.15) is 0 Å². The molecule has 18 heavy (non-hydrogen) atoms. The third kappa shape index (κ3) is 2.91. The zero-order chi connectivity index (χ0) is 13.1. The van der Waals surface area contributed by atoms with Gasteiger partial charge in [0.2, 0.25) is 6.41 Å². The van der Waals surface area contributed by atoms with Crippen molar-refractivity contribution < 1.29 is 9.59 Å². The Morgan fingerprint density at radius 3 is 2.22 bits per heavy atom. The highest BCUT2D eigenvalue weighted by atomic mass is 35.5. The first kappa shape index (κ1) is 13.1. The van der Waals surface area contributed by atoms with E-state index in [1.807, 2.05) is 0 Å². The zero-order valence-corrected chi connectivity index (χ0v) is 11.0. The molecule has 0 saturated carbocycles. The van der Waals surface area contributed by atoms with Crippen molar-refractivity contribution in [2.45, 2.75) is 0 Å². The summed E-state index contributed by atoms with van der Waals surface area (Å²) in [6, 6.07) is 2.98. The number of piperazine rings is 1. The highest BCUT2D eigenvalue weighted by molar-refractivity contribution is 6.33. The first-order chi connectivity index (χ1) is 8.60. The Bertz CT molecular complexity index is 453. The Balaban J connectivity index is 2.10. The summed E-state index contributed by atoms with van der Waals surface area (Å²) in [6.45, 7) is 2.11. The van der Waals surface area contributed by atoms with Crippen LogP contribution < -0.4 is 0 Å². The second-order valence-electron chi connectivity index (χ2n) is 3.93. The molecule has 0 aromatic carbocycles. The lowest BCUT2D eigenvalue weighted by atomic mass is 10.2. The molecule has 7 heteroatoms. The average Bonchev–Trinajstić information content (AvgIpc) is 2.37. The predicted molar refractivity (Wildman–Crippen MR) is 67.8 cm³/mol. The Kier molecular flexibility index (Phi) is 4.04. The van der Waals surface area contributed by atoms with Gasteiger partial charge >= 0.3 is 0 Å². The molecule has 1 fully saturated rings. The van der Waals surface area contributed by atoms with Crippen LogP contribution in [0.3, 0.4) is 0 Å². The van der Waals surface area contributed by atoms with Crippen LogP contribution in [-0.2, 0) is 4.79 Å². The molecular weight excluding hydrogens is 277 g/mol. The number of amides is 2. The maximum Gasteiger partial charge on any atom is 0.254 e. The van der Waals surface area contributed by atoms with E-state index in [0.29, 0.717) is 31.7 Å². The SMILES string of the molecule is O=CN1CCN(C(=O)c2cc(Cl)nc(Cl)c2)CC1. The molecule has 0 radical (unpaired) electrons. The molecule has 1 saturated heterocycles. The molecular formula is C11H11Cl2N3O2. The van der Waals surface area contributed by atoms with Gasteiger partial charge in [-0.25, -0.2) is 4.98 Å². The quantitative estimate of drug-likeness (QED) is 0.609. The van der Waals surface area contributed by atoms with Gasteiger partial charge in [0, 0.05) is 31.7 Å². The Labute approximate surface area is 114 Å². The molecule has 0 unspecified atom stereocenters. The lowest BCUT2D eigenvalue weighted by molar-refractivity contribution is -0.119. The van der Waals surface area contributed by atoms with Gasteiger partial charge in [-0.3, -0.25) is 9.59 Å². The fraction of sp³-hybridized carbons (Fsp3) is 0.364. The van der Waals surface area contributed by atoms with Crippen molar-refractivity contribution in [2.75, 3.05) is 26.2 Å². The number of pyridine rings is 1. The van der Waals surface area contributed by atoms with Crippen molar-refractivity contribution >= 4 is 35.5 Å². The smallest absolute Gasteiger partial charge is 0.254 e. The first-order valence-corrected chi connectivity index (χ1v) is 6.17. The van der Waals surface area contributed by atoms with E-state index in [2.05, 4.69) is 4.98 Å². The van der Waals surface area contributed by atoms with Crippen LogP contribution in [0.25, 0.3) is 0 Å². The van der Waals surface area contributed by atoms with E-state index in [4.69, 9.17) is 23.2 Å². The summed E-state index contributed by atoms with van der Waals surface area (Å²) in [5, 5.41) is 0.384. The van der Waals surface area contributed by atoms with Crippen LogP contribution in [0.2, 0.25) is 10.3 Å². The van der Waals surface area contributed by atoms with Gasteiger partial charge in [-0.15, -0.1) is 0 Å². The summed E-state index contributed by atoms with van der Waals surface area (Å²) in [5.41, 5.74) is 0.416. The maximum absolute atomic E-state index is 12.2. The normalized spacial score (nSPS) is 15.7. The summed E-state index contributed by atoms with van der Waals surface area (Å²) < 4.78 is 0. The maximum atomic E-state index is 12.2. The van der Waals surface area contributed by atoms with Crippen molar-refractivity contribution in [1.29, 1.82) is 0 Å². The minimum absolute atomic E-state index is 0.147. The predicted octanol–water partition coefficient (Wildman–Crippen LogP) is 1.30. The molecule has 2 rings (SSSR count). The van der Waals surface area contributed by atoms with Gasteiger partial charge < -0.3 is 9.80 Å². The van der Waals surface area contributed by atoms with Gasteiger partial charge in [0.1, 0.15) is 10.3 Å². The van der Waals surface area contributed by atoms with Gasteiger partial charge in [-0.05, 0) is 12.1 Å². The molecule has 0 bridgehead atoms. The number of hydrogen-bond donors (Lipinski definition) is 0. The lowest BCUT2D eigenvalue weighted by Gasteiger charge is -2.32. The van der Waals surface area contributed by atoms with Crippen LogP contribution in [0.15, 0.2) is 12.1 Å². The van der Waals surface area contributed by atoms with Crippen molar-refractivity contribution in [3.63, 3.8) is 0 Å². The van der Waals surface area contributed by atoms with Crippen molar-refractivity contribution in [3.8, 4) is 0 Å². The summed E-state index contributed by atoms with van der Waals surface area (Å²) >= 11 is 11.5. The van der Waals surface area contributed by atoms with Crippen LogP contribution in [0.5, 0.6) is 0 Å². The molecule has 1 aliphatic rings. The van der Waals surface area contributed by atoms with Crippen LogP contribution in [0, 0.1) is 0 Å². The molecule has 1 aromatic rings. The standard InChI is InChI=1S/C11H11Cl2N3O2/c12-9-5-8(6-10(13)14-9)11(18)16-3-1-15(7-17)2-4-16/h5-7H,1-4H2. The molecule has 2 heterocycles. The fourth-order valence-corrected chi connectivity index (χ4v) is 2.26. The Morgan fingerprint density at radius 1 is 1.17 bits per heavy atom. The topological polar surface area (TPSA) is 53.5 Å². The molecule has 2 amide bonds. The monoisotopic (exact) mass is 287 g/mol. The molecule has 96 valence electrons. The van der Waals surface area contributed by atoms with Gasteiger partial charge in [0.05, 0.1) is 0 Å². The summed E-state index contributed by atoms with van der Waals surface area (Å²) in [7, 11) is 0. The second-order valence-corrected chi connectivity index (χ2v) is 4.71. The van der Waals surface area contributed by atoms with E-state index < -0.39 is 0 Å². The fourth-order valence-electron chi connectivity index (χ4n) is 1.80. The number of carbonyl (C=O) groups is 2. The molecule has 0 N–H and O–H groups in total. The zero-order valence-electron chi connectivity index (χ0n) is 9.47. The van der Waals surface area contributed by atoms with E-state index >= 15 is 0 Å².